The first-order valence-corrected chi connectivity index (χ1v) is 7.16. The molecule has 1 atom stereocenters. The first-order chi connectivity index (χ1) is 10.8. The van der Waals surface area contributed by atoms with E-state index >= 15 is 0 Å². The molecule has 6 heteroatoms. The van der Waals surface area contributed by atoms with Crippen LogP contribution in [0, 0.1) is 0 Å². The van der Waals surface area contributed by atoms with Gasteiger partial charge in [0.05, 0.1) is 6.10 Å². The average Bonchev–Trinajstić information content (AvgIpc) is 2.47. The van der Waals surface area contributed by atoms with Crippen LogP contribution in [0.4, 0.5) is 18.9 Å². The average molecular weight is 325 g/mol. The molecule has 0 amide bonds. The second kappa shape index (κ2) is 7.37. The Morgan fingerprint density at radius 1 is 1.04 bits per heavy atom. The number of hydrogen-bond acceptors (Lipinski definition) is 3. The fraction of sp³-hybridized carbons (Fsp3) is 0.294. The van der Waals surface area contributed by atoms with Crippen molar-refractivity contribution in [3.05, 3.63) is 60.2 Å². The number of halogens is 3. The van der Waals surface area contributed by atoms with Gasteiger partial charge in [-0.25, -0.2) is 0 Å². The van der Waals surface area contributed by atoms with Gasteiger partial charge in [-0.3, -0.25) is 0 Å². The summed E-state index contributed by atoms with van der Waals surface area (Å²) >= 11 is 0. The number of benzene rings is 2. The third-order valence-electron chi connectivity index (χ3n) is 3.14. The Morgan fingerprint density at radius 3 is 2.17 bits per heavy atom. The molecule has 0 aromatic heterocycles. The Bertz CT molecular complexity index is 597. The van der Waals surface area contributed by atoms with Gasteiger partial charge in [-0.1, -0.05) is 30.3 Å². The molecule has 0 aliphatic rings. The molecule has 0 saturated carbocycles. The molecule has 0 radical (unpaired) electrons. The highest BCUT2D eigenvalue weighted by molar-refractivity contribution is 5.47. The summed E-state index contributed by atoms with van der Waals surface area (Å²) in [5, 5.41) is 9.65. The maximum atomic E-state index is 12.2. The van der Waals surface area contributed by atoms with Crippen molar-refractivity contribution >= 4 is 5.69 Å². The highest BCUT2D eigenvalue weighted by Gasteiger charge is 2.30. The number of alkyl halides is 3. The highest BCUT2D eigenvalue weighted by Crippen LogP contribution is 2.24. The molecule has 0 aliphatic carbocycles. The van der Waals surface area contributed by atoms with Crippen molar-refractivity contribution in [3.8, 4) is 5.75 Å². The van der Waals surface area contributed by atoms with Crippen molar-refractivity contribution < 1.29 is 23.0 Å². The van der Waals surface area contributed by atoms with E-state index in [0.29, 0.717) is 13.1 Å². The number of anilines is 1. The minimum atomic E-state index is -4.69. The van der Waals surface area contributed by atoms with Gasteiger partial charge in [0.25, 0.3) is 0 Å². The van der Waals surface area contributed by atoms with Crippen molar-refractivity contribution in [3.63, 3.8) is 0 Å². The molecule has 0 fully saturated rings. The van der Waals surface area contributed by atoms with Crippen LogP contribution in [0.1, 0.15) is 12.5 Å². The molecule has 1 N–H and O–H groups in total. The van der Waals surface area contributed by atoms with Crippen molar-refractivity contribution in [2.75, 3.05) is 11.4 Å². The van der Waals surface area contributed by atoms with Gasteiger partial charge in [0, 0.05) is 18.8 Å². The fourth-order valence-corrected chi connectivity index (χ4v) is 2.24. The first-order valence-electron chi connectivity index (χ1n) is 7.16. The zero-order chi connectivity index (χ0) is 16.9. The van der Waals surface area contributed by atoms with E-state index in [2.05, 4.69) is 4.74 Å². The van der Waals surface area contributed by atoms with Crippen LogP contribution in [-0.2, 0) is 6.54 Å². The lowest BCUT2D eigenvalue weighted by Gasteiger charge is -2.26. The number of aliphatic hydroxyl groups is 1. The third kappa shape index (κ3) is 5.83. The molecule has 3 nitrogen and oxygen atoms in total. The van der Waals surface area contributed by atoms with Crippen LogP contribution in [0.3, 0.4) is 0 Å². The van der Waals surface area contributed by atoms with E-state index < -0.39 is 12.5 Å². The summed E-state index contributed by atoms with van der Waals surface area (Å²) in [5.41, 5.74) is 1.76. The second-order valence-corrected chi connectivity index (χ2v) is 5.26. The quantitative estimate of drug-likeness (QED) is 0.872. The molecule has 0 spiro atoms. The molecule has 2 rings (SSSR count). The zero-order valence-corrected chi connectivity index (χ0v) is 12.6. The summed E-state index contributed by atoms with van der Waals surface area (Å²) in [4.78, 5) is 1.96. The summed E-state index contributed by atoms with van der Waals surface area (Å²) in [7, 11) is 0. The normalized spacial score (nSPS) is 12.7. The monoisotopic (exact) mass is 325 g/mol. The number of hydrogen-bond donors (Lipinski definition) is 1. The van der Waals surface area contributed by atoms with Crippen LogP contribution >= 0.6 is 0 Å². The van der Waals surface area contributed by atoms with Crippen molar-refractivity contribution in [1.82, 2.24) is 0 Å². The van der Waals surface area contributed by atoms with Crippen LogP contribution in [-0.4, -0.2) is 24.1 Å². The third-order valence-corrected chi connectivity index (χ3v) is 3.14. The van der Waals surface area contributed by atoms with Gasteiger partial charge >= 0.3 is 6.36 Å². The zero-order valence-electron chi connectivity index (χ0n) is 12.6. The van der Waals surface area contributed by atoms with E-state index in [1.807, 2.05) is 35.2 Å². The Labute approximate surface area is 132 Å². The molecule has 1 unspecified atom stereocenters. The maximum absolute atomic E-state index is 12.2. The second-order valence-electron chi connectivity index (χ2n) is 5.26. The van der Waals surface area contributed by atoms with Gasteiger partial charge in [-0.15, -0.1) is 13.2 Å². The molecule has 2 aromatic carbocycles. The molecule has 0 saturated heterocycles. The number of para-hydroxylation sites is 1. The summed E-state index contributed by atoms with van der Waals surface area (Å²) in [6.45, 7) is 2.59. The van der Waals surface area contributed by atoms with Crippen LogP contribution in [0.15, 0.2) is 54.6 Å². The van der Waals surface area contributed by atoms with Gasteiger partial charge in [0.1, 0.15) is 5.75 Å². The van der Waals surface area contributed by atoms with Gasteiger partial charge in [-0.05, 0) is 36.8 Å². The molecular weight excluding hydrogens is 307 g/mol. The SMILES string of the molecule is CC(O)CN(Cc1ccc(OC(F)(F)F)cc1)c1ccccc1. The molecule has 0 aliphatic heterocycles. The smallest absolute Gasteiger partial charge is 0.406 e. The van der Waals surface area contributed by atoms with Crippen LogP contribution < -0.4 is 9.64 Å². The van der Waals surface area contributed by atoms with E-state index in [-0.39, 0.29) is 5.75 Å². The van der Waals surface area contributed by atoms with E-state index in [1.165, 1.54) is 12.1 Å². The lowest BCUT2D eigenvalue weighted by molar-refractivity contribution is -0.274. The molecule has 2 aromatic rings. The van der Waals surface area contributed by atoms with Gasteiger partial charge in [-0.2, -0.15) is 0 Å². The van der Waals surface area contributed by atoms with Gasteiger partial charge in [0.15, 0.2) is 0 Å². The number of ether oxygens (including phenoxy) is 1. The maximum Gasteiger partial charge on any atom is 0.573 e. The van der Waals surface area contributed by atoms with Crippen molar-refractivity contribution in [2.45, 2.75) is 25.9 Å². The molecule has 23 heavy (non-hydrogen) atoms. The van der Waals surface area contributed by atoms with E-state index in [1.54, 1.807) is 19.1 Å². The number of aliphatic hydroxyl groups excluding tert-OH is 1. The lowest BCUT2D eigenvalue weighted by Crippen LogP contribution is -2.30. The number of rotatable bonds is 6. The van der Waals surface area contributed by atoms with Crippen molar-refractivity contribution in [1.29, 1.82) is 0 Å². The molecule has 0 bridgehead atoms. The van der Waals surface area contributed by atoms with Crippen LogP contribution in [0.25, 0.3) is 0 Å². The molecular formula is C17H18F3NO2. The van der Waals surface area contributed by atoms with Gasteiger partial charge in [0.2, 0.25) is 0 Å². The highest BCUT2D eigenvalue weighted by atomic mass is 19.4. The number of nitrogens with zero attached hydrogens (tertiary/aromatic N) is 1. The van der Waals surface area contributed by atoms with E-state index in [4.69, 9.17) is 0 Å². The molecule has 124 valence electrons. The summed E-state index contributed by atoms with van der Waals surface area (Å²) in [6.07, 6.45) is -5.22. The Hall–Kier alpha value is -2.21. The van der Waals surface area contributed by atoms with Crippen molar-refractivity contribution in [2.24, 2.45) is 0 Å². The lowest BCUT2D eigenvalue weighted by atomic mass is 10.1. The van der Waals surface area contributed by atoms with E-state index in [9.17, 15) is 18.3 Å². The van der Waals surface area contributed by atoms with Crippen LogP contribution in [0.5, 0.6) is 5.75 Å². The Balaban J connectivity index is 2.10. The Morgan fingerprint density at radius 2 is 1.65 bits per heavy atom. The summed E-state index contributed by atoms with van der Waals surface area (Å²) in [5.74, 6) is -0.247. The molecule has 0 heterocycles. The predicted octanol–water partition coefficient (Wildman–Crippen LogP) is 3.97. The topological polar surface area (TPSA) is 32.7 Å². The first kappa shape index (κ1) is 17.1. The minimum Gasteiger partial charge on any atom is -0.406 e. The largest absolute Gasteiger partial charge is 0.573 e. The minimum absolute atomic E-state index is 0.247. The summed E-state index contributed by atoms with van der Waals surface area (Å²) < 4.78 is 40.3. The van der Waals surface area contributed by atoms with Crippen LogP contribution in [0.2, 0.25) is 0 Å². The summed E-state index contributed by atoms with van der Waals surface area (Å²) in [6, 6.07) is 15.3. The fourth-order valence-electron chi connectivity index (χ4n) is 2.24. The van der Waals surface area contributed by atoms with Gasteiger partial charge < -0.3 is 14.7 Å². The van der Waals surface area contributed by atoms with E-state index in [0.717, 1.165) is 11.3 Å². The predicted molar refractivity (Wildman–Crippen MR) is 82.3 cm³/mol. The Kier molecular flexibility index (Phi) is 5.50. The standard InChI is InChI=1S/C17H18F3NO2/c1-13(22)11-21(15-5-3-2-4-6-15)12-14-7-9-16(10-8-14)23-17(18,19)20/h2-10,13,22H,11-12H2,1H3.